The summed E-state index contributed by atoms with van der Waals surface area (Å²) in [5.41, 5.74) is 1.18. The van der Waals surface area contributed by atoms with Gasteiger partial charge >= 0.3 is 0 Å². The first-order chi connectivity index (χ1) is 11.5. The molecule has 2 aromatic rings. The smallest absolute Gasteiger partial charge is 0.277 e. The molecule has 8 heteroatoms. The Morgan fingerprint density at radius 3 is 2.79 bits per heavy atom. The van der Waals surface area contributed by atoms with Gasteiger partial charge in [-0.05, 0) is 25.5 Å². The Morgan fingerprint density at radius 2 is 2.17 bits per heavy atom. The van der Waals surface area contributed by atoms with E-state index in [0.29, 0.717) is 30.4 Å². The van der Waals surface area contributed by atoms with Crippen molar-refractivity contribution < 1.29 is 18.8 Å². The second kappa shape index (κ2) is 6.56. The van der Waals surface area contributed by atoms with Gasteiger partial charge in [0.05, 0.1) is 13.2 Å². The van der Waals surface area contributed by atoms with Crippen molar-refractivity contribution in [2.45, 2.75) is 32.4 Å². The number of methoxy groups -OCH3 is 2. The van der Waals surface area contributed by atoms with Gasteiger partial charge in [0.25, 0.3) is 5.91 Å². The molecule has 1 aliphatic rings. The molecule has 0 saturated carbocycles. The van der Waals surface area contributed by atoms with Gasteiger partial charge in [-0.25, -0.2) is 4.98 Å². The molecular formula is C16H20N4O4. The molecular weight excluding hydrogens is 312 g/mol. The van der Waals surface area contributed by atoms with Crippen LogP contribution in [0.15, 0.2) is 16.8 Å². The molecule has 0 N–H and O–H groups in total. The number of pyridine rings is 1. The molecule has 2 aromatic heterocycles. The van der Waals surface area contributed by atoms with Crippen molar-refractivity contribution >= 4 is 5.91 Å². The molecule has 0 bridgehead atoms. The summed E-state index contributed by atoms with van der Waals surface area (Å²) >= 11 is 0. The van der Waals surface area contributed by atoms with Gasteiger partial charge < -0.3 is 18.9 Å². The molecule has 1 saturated heterocycles. The monoisotopic (exact) mass is 332 g/mol. The lowest BCUT2D eigenvalue weighted by Crippen LogP contribution is -2.33. The Hall–Kier alpha value is -2.48. The van der Waals surface area contributed by atoms with Crippen molar-refractivity contribution in [3.63, 3.8) is 0 Å². The topological polar surface area (TPSA) is 90.6 Å². The second-order valence-electron chi connectivity index (χ2n) is 5.81. The molecule has 0 radical (unpaired) electrons. The highest BCUT2D eigenvalue weighted by atomic mass is 16.5. The number of nitrogens with zero attached hydrogens (tertiary/aromatic N) is 4. The van der Waals surface area contributed by atoms with E-state index in [1.807, 2.05) is 6.92 Å². The lowest BCUT2D eigenvalue weighted by molar-refractivity contribution is 0.0661. The SMILES string of the molecule is COc1cc(C)cnc1C(=O)N1C[C@@H](OC)C[C@@H]1c1nc(C)no1. The molecule has 3 rings (SSSR count). The van der Waals surface area contributed by atoms with Crippen LogP contribution in [0.4, 0.5) is 0 Å². The largest absolute Gasteiger partial charge is 0.494 e. The molecule has 8 nitrogen and oxygen atoms in total. The number of ether oxygens (including phenoxy) is 2. The van der Waals surface area contributed by atoms with Crippen LogP contribution in [0.25, 0.3) is 0 Å². The maximum atomic E-state index is 13.0. The van der Waals surface area contributed by atoms with Gasteiger partial charge in [0, 0.05) is 26.3 Å². The predicted molar refractivity (Wildman–Crippen MR) is 83.8 cm³/mol. The summed E-state index contributed by atoms with van der Waals surface area (Å²) in [6.45, 7) is 4.07. The number of carbonyl (C=O) groups is 1. The number of rotatable bonds is 4. The van der Waals surface area contributed by atoms with Crippen molar-refractivity contribution in [2.24, 2.45) is 0 Å². The molecule has 0 aliphatic carbocycles. The number of hydrogen-bond donors (Lipinski definition) is 0. The normalized spacial score (nSPS) is 20.4. The van der Waals surface area contributed by atoms with E-state index < -0.39 is 0 Å². The van der Waals surface area contributed by atoms with Crippen LogP contribution in [0.2, 0.25) is 0 Å². The summed E-state index contributed by atoms with van der Waals surface area (Å²) in [6.07, 6.45) is 2.14. The molecule has 24 heavy (non-hydrogen) atoms. The number of carbonyl (C=O) groups excluding carboxylic acids is 1. The third-order valence-corrected chi connectivity index (χ3v) is 4.10. The maximum Gasteiger partial charge on any atom is 0.277 e. The van der Waals surface area contributed by atoms with Crippen molar-refractivity contribution in [2.75, 3.05) is 20.8 Å². The standard InChI is InChI=1S/C16H20N4O4/c1-9-5-13(23-4)14(17-7-9)16(21)20-8-11(22-3)6-12(20)15-18-10(2)19-24-15/h5,7,11-12H,6,8H2,1-4H3/t11-,12+/m0/s1. The third-order valence-electron chi connectivity index (χ3n) is 4.10. The van der Waals surface area contributed by atoms with Crippen LogP contribution in [0.3, 0.4) is 0 Å². The van der Waals surface area contributed by atoms with Crippen molar-refractivity contribution in [3.05, 3.63) is 35.2 Å². The van der Waals surface area contributed by atoms with Crippen LogP contribution in [-0.2, 0) is 4.74 Å². The predicted octanol–water partition coefficient (Wildman–Crippen LogP) is 1.69. The average molecular weight is 332 g/mol. The average Bonchev–Trinajstić information content (AvgIpc) is 3.19. The fourth-order valence-electron chi connectivity index (χ4n) is 2.87. The van der Waals surface area contributed by atoms with E-state index in [1.165, 1.54) is 7.11 Å². The molecule has 3 heterocycles. The van der Waals surface area contributed by atoms with Crippen LogP contribution in [0.1, 0.15) is 40.2 Å². The van der Waals surface area contributed by atoms with E-state index >= 15 is 0 Å². The minimum atomic E-state index is -0.337. The van der Waals surface area contributed by atoms with Crippen LogP contribution in [0, 0.1) is 13.8 Å². The number of amides is 1. The number of aryl methyl sites for hydroxylation is 2. The van der Waals surface area contributed by atoms with Gasteiger partial charge in [0.1, 0.15) is 11.8 Å². The lowest BCUT2D eigenvalue weighted by Gasteiger charge is -2.22. The first-order valence-corrected chi connectivity index (χ1v) is 7.68. The fourth-order valence-corrected chi connectivity index (χ4v) is 2.87. The Labute approximate surface area is 139 Å². The van der Waals surface area contributed by atoms with Gasteiger partial charge in [0.15, 0.2) is 11.5 Å². The molecule has 1 aliphatic heterocycles. The third kappa shape index (κ3) is 2.96. The number of likely N-dealkylation sites (tertiary alicyclic amines) is 1. The molecule has 1 amide bonds. The molecule has 2 atom stereocenters. The van der Waals surface area contributed by atoms with Crippen LogP contribution in [0.5, 0.6) is 5.75 Å². The quantitative estimate of drug-likeness (QED) is 0.841. The fraction of sp³-hybridized carbons (Fsp3) is 0.500. The first-order valence-electron chi connectivity index (χ1n) is 7.68. The van der Waals surface area contributed by atoms with Crippen molar-refractivity contribution in [1.29, 1.82) is 0 Å². The van der Waals surface area contributed by atoms with Crippen molar-refractivity contribution in [3.8, 4) is 5.75 Å². The Morgan fingerprint density at radius 1 is 1.38 bits per heavy atom. The lowest BCUT2D eigenvalue weighted by atomic mass is 10.2. The van der Waals surface area contributed by atoms with Gasteiger partial charge in [-0.15, -0.1) is 0 Å². The van der Waals surface area contributed by atoms with Crippen LogP contribution in [-0.4, -0.2) is 52.8 Å². The molecule has 1 fully saturated rings. The summed E-state index contributed by atoms with van der Waals surface area (Å²) in [5.74, 6) is 1.14. The Bertz CT molecular complexity index is 745. The molecule has 0 unspecified atom stereocenters. The maximum absolute atomic E-state index is 13.0. The minimum Gasteiger partial charge on any atom is -0.494 e. The second-order valence-corrected chi connectivity index (χ2v) is 5.81. The van der Waals surface area contributed by atoms with Crippen LogP contribution >= 0.6 is 0 Å². The molecule has 128 valence electrons. The highest BCUT2D eigenvalue weighted by molar-refractivity contribution is 5.95. The summed E-state index contributed by atoms with van der Waals surface area (Å²) in [7, 11) is 3.15. The zero-order valence-electron chi connectivity index (χ0n) is 14.1. The molecule has 0 aromatic carbocycles. The number of aromatic nitrogens is 3. The zero-order valence-corrected chi connectivity index (χ0v) is 14.1. The summed E-state index contributed by atoms with van der Waals surface area (Å²) in [5, 5.41) is 3.82. The van der Waals surface area contributed by atoms with E-state index in [4.69, 9.17) is 14.0 Å². The first kappa shape index (κ1) is 16.4. The van der Waals surface area contributed by atoms with E-state index in [9.17, 15) is 4.79 Å². The van der Waals surface area contributed by atoms with Crippen LogP contribution < -0.4 is 4.74 Å². The number of hydrogen-bond acceptors (Lipinski definition) is 7. The molecule has 0 spiro atoms. The van der Waals surface area contributed by atoms with Gasteiger partial charge in [0.2, 0.25) is 5.89 Å². The Balaban J connectivity index is 1.94. The Kier molecular flexibility index (Phi) is 4.48. The highest BCUT2D eigenvalue weighted by Gasteiger charge is 2.41. The zero-order chi connectivity index (χ0) is 17.3. The van der Waals surface area contributed by atoms with Gasteiger partial charge in [-0.3, -0.25) is 4.79 Å². The summed E-state index contributed by atoms with van der Waals surface area (Å²) < 4.78 is 16.0. The van der Waals surface area contributed by atoms with Gasteiger partial charge in [-0.2, -0.15) is 4.98 Å². The van der Waals surface area contributed by atoms with Gasteiger partial charge in [-0.1, -0.05) is 5.16 Å². The minimum absolute atomic E-state index is 0.0948. The summed E-state index contributed by atoms with van der Waals surface area (Å²) in [4.78, 5) is 23.2. The van der Waals surface area contributed by atoms with E-state index in [0.717, 1.165) is 5.56 Å². The highest BCUT2D eigenvalue weighted by Crippen LogP contribution is 2.34. The van der Waals surface area contributed by atoms with E-state index in [1.54, 1.807) is 31.2 Å². The van der Waals surface area contributed by atoms with Crippen molar-refractivity contribution in [1.82, 2.24) is 20.0 Å². The van der Waals surface area contributed by atoms with E-state index in [2.05, 4.69) is 15.1 Å². The summed E-state index contributed by atoms with van der Waals surface area (Å²) in [6, 6.07) is 1.45. The van der Waals surface area contributed by atoms with E-state index in [-0.39, 0.29) is 23.7 Å².